The van der Waals surface area contributed by atoms with Crippen LogP contribution in [-0.2, 0) is 11.3 Å². The number of aliphatic hydroxyl groups excluding tert-OH is 1. The van der Waals surface area contributed by atoms with E-state index in [1.807, 2.05) is 6.07 Å². The molecular formula is C14H21BrN2O2. The molecule has 0 atom stereocenters. The Hall–Kier alpha value is -0.650. The molecule has 2 rings (SSSR count). The number of halogens is 1. The standard InChI is InChI=1S/C14H21BrN2O2/c1-13(2)8-17(9-14(3,4)19-13)12-10(7-18)5-11(15)6-16-12/h5-6,18H,7-9H2,1-4H3. The second-order valence-corrected chi connectivity index (χ2v) is 7.19. The number of hydrogen-bond donors (Lipinski definition) is 1. The van der Waals surface area contributed by atoms with Crippen molar-refractivity contribution >= 4 is 21.7 Å². The number of aliphatic hydroxyl groups is 1. The van der Waals surface area contributed by atoms with Crippen LogP contribution in [-0.4, -0.2) is 34.4 Å². The molecule has 0 aromatic carbocycles. The van der Waals surface area contributed by atoms with Gasteiger partial charge in [-0.1, -0.05) is 0 Å². The minimum Gasteiger partial charge on any atom is -0.392 e. The summed E-state index contributed by atoms with van der Waals surface area (Å²) < 4.78 is 6.95. The van der Waals surface area contributed by atoms with Crippen molar-refractivity contribution < 1.29 is 9.84 Å². The summed E-state index contributed by atoms with van der Waals surface area (Å²) in [5.74, 6) is 0.843. The zero-order valence-corrected chi connectivity index (χ0v) is 13.5. The molecule has 2 heterocycles. The van der Waals surface area contributed by atoms with Crippen LogP contribution in [0, 0.1) is 0 Å². The maximum absolute atomic E-state index is 9.51. The van der Waals surface area contributed by atoms with Gasteiger partial charge in [-0.2, -0.15) is 0 Å². The van der Waals surface area contributed by atoms with Gasteiger partial charge in [0.15, 0.2) is 0 Å². The van der Waals surface area contributed by atoms with Crippen molar-refractivity contribution in [3.05, 3.63) is 22.3 Å². The van der Waals surface area contributed by atoms with Crippen molar-refractivity contribution in [2.45, 2.75) is 45.5 Å². The SMILES string of the molecule is CC1(C)CN(c2ncc(Br)cc2CO)CC(C)(C)O1. The lowest BCUT2D eigenvalue weighted by atomic mass is 9.98. The first kappa shape index (κ1) is 14.8. The molecule has 4 nitrogen and oxygen atoms in total. The van der Waals surface area contributed by atoms with Crippen LogP contribution in [0.5, 0.6) is 0 Å². The largest absolute Gasteiger partial charge is 0.392 e. The van der Waals surface area contributed by atoms with E-state index in [0.717, 1.165) is 28.9 Å². The Morgan fingerprint density at radius 2 is 1.89 bits per heavy atom. The molecule has 1 aliphatic rings. The van der Waals surface area contributed by atoms with E-state index in [2.05, 4.69) is 53.5 Å². The highest BCUT2D eigenvalue weighted by atomic mass is 79.9. The van der Waals surface area contributed by atoms with Gasteiger partial charge in [0.1, 0.15) is 5.82 Å². The van der Waals surface area contributed by atoms with Gasteiger partial charge in [0, 0.05) is 29.3 Å². The van der Waals surface area contributed by atoms with Crippen molar-refractivity contribution in [2.75, 3.05) is 18.0 Å². The van der Waals surface area contributed by atoms with Crippen LogP contribution in [0.2, 0.25) is 0 Å². The van der Waals surface area contributed by atoms with Crippen molar-refractivity contribution in [1.29, 1.82) is 0 Å². The van der Waals surface area contributed by atoms with Crippen molar-refractivity contribution in [3.8, 4) is 0 Å². The van der Waals surface area contributed by atoms with Crippen LogP contribution in [0.3, 0.4) is 0 Å². The summed E-state index contributed by atoms with van der Waals surface area (Å²) >= 11 is 3.39. The third kappa shape index (κ3) is 3.46. The van der Waals surface area contributed by atoms with Gasteiger partial charge in [0.05, 0.1) is 17.8 Å². The molecule has 0 unspecified atom stereocenters. The predicted molar refractivity (Wildman–Crippen MR) is 79.3 cm³/mol. The van der Waals surface area contributed by atoms with Crippen molar-refractivity contribution in [3.63, 3.8) is 0 Å². The van der Waals surface area contributed by atoms with E-state index in [0.29, 0.717) is 0 Å². The van der Waals surface area contributed by atoms with E-state index in [4.69, 9.17) is 4.74 Å². The van der Waals surface area contributed by atoms with Crippen LogP contribution in [0.1, 0.15) is 33.3 Å². The Labute approximate surface area is 122 Å². The number of rotatable bonds is 2. The van der Waals surface area contributed by atoms with Crippen LogP contribution >= 0.6 is 15.9 Å². The second kappa shape index (κ2) is 5.04. The molecule has 0 bridgehead atoms. The zero-order valence-electron chi connectivity index (χ0n) is 11.9. The van der Waals surface area contributed by atoms with Gasteiger partial charge in [-0.3, -0.25) is 0 Å². The molecule has 1 aromatic rings. The molecule has 1 N–H and O–H groups in total. The number of nitrogens with zero attached hydrogens (tertiary/aromatic N) is 2. The van der Waals surface area contributed by atoms with Gasteiger partial charge in [-0.25, -0.2) is 4.98 Å². The predicted octanol–water partition coefficient (Wildman–Crippen LogP) is 2.73. The zero-order chi connectivity index (χ0) is 14.3. The molecular weight excluding hydrogens is 308 g/mol. The summed E-state index contributed by atoms with van der Waals surface area (Å²) in [6.07, 6.45) is 1.77. The van der Waals surface area contributed by atoms with Gasteiger partial charge >= 0.3 is 0 Å². The fraction of sp³-hybridized carbons (Fsp3) is 0.643. The lowest BCUT2D eigenvalue weighted by Gasteiger charge is -2.47. The smallest absolute Gasteiger partial charge is 0.134 e. The third-order valence-corrected chi connectivity index (χ3v) is 3.51. The van der Waals surface area contributed by atoms with Gasteiger partial charge in [-0.05, 0) is 49.7 Å². The average Bonchev–Trinajstić information content (AvgIpc) is 2.24. The average molecular weight is 329 g/mol. The highest BCUT2D eigenvalue weighted by Crippen LogP contribution is 2.32. The van der Waals surface area contributed by atoms with Crippen LogP contribution in [0.15, 0.2) is 16.7 Å². The molecule has 1 aliphatic heterocycles. The number of aromatic nitrogens is 1. The van der Waals surface area contributed by atoms with E-state index in [1.54, 1.807) is 6.20 Å². The highest BCUT2D eigenvalue weighted by molar-refractivity contribution is 9.10. The molecule has 5 heteroatoms. The quantitative estimate of drug-likeness (QED) is 0.906. The summed E-state index contributed by atoms with van der Waals surface area (Å²) in [7, 11) is 0. The molecule has 1 fully saturated rings. The van der Waals surface area contributed by atoms with Gasteiger partial charge in [0.2, 0.25) is 0 Å². The van der Waals surface area contributed by atoms with Gasteiger partial charge < -0.3 is 14.7 Å². The summed E-state index contributed by atoms with van der Waals surface area (Å²) in [5.41, 5.74) is 0.370. The Morgan fingerprint density at radius 3 is 2.42 bits per heavy atom. The Kier molecular flexibility index (Phi) is 3.91. The van der Waals surface area contributed by atoms with Crippen LogP contribution in [0.25, 0.3) is 0 Å². The minimum absolute atomic E-state index is 0.0139. The van der Waals surface area contributed by atoms with E-state index in [1.165, 1.54) is 0 Å². The molecule has 1 aromatic heterocycles. The first-order valence-corrected chi connectivity index (χ1v) is 7.22. The van der Waals surface area contributed by atoms with E-state index in [9.17, 15) is 5.11 Å². The van der Waals surface area contributed by atoms with E-state index in [-0.39, 0.29) is 17.8 Å². The molecule has 0 spiro atoms. The Morgan fingerprint density at radius 1 is 1.32 bits per heavy atom. The highest BCUT2D eigenvalue weighted by Gasteiger charge is 2.39. The molecule has 106 valence electrons. The van der Waals surface area contributed by atoms with E-state index >= 15 is 0 Å². The van der Waals surface area contributed by atoms with Crippen molar-refractivity contribution in [1.82, 2.24) is 4.98 Å². The van der Waals surface area contributed by atoms with Crippen LogP contribution < -0.4 is 4.90 Å². The molecule has 0 aliphatic carbocycles. The molecule has 0 amide bonds. The lowest BCUT2D eigenvalue weighted by molar-refractivity contribution is -0.133. The summed E-state index contributed by atoms with van der Waals surface area (Å²) in [6.45, 7) is 9.84. The molecule has 1 saturated heterocycles. The van der Waals surface area contributed by atoms with Gasteiger partial charge in [0.25, 0.3) is 0 Å². The minimum atomic E-state index is -0.233. The number of hydrogen-bond acceptors (Lipinski definition) is 4. The number of ether oxygens (including phenoxy) is 1. The Bertz CT molecular complexity index is 459. The third-order valence-electron chi connectivity index (χ3n) is 3.08. The maximum Gasteiger partial charge on any atom is 0.134 e. The molecule has 0 radical (unpaired) electrons. The first-order valence-electron chi connectivity index (χ1n) is 6.43. The topological polar surface area (TPSA) is 45.6 Å². The lowest BCUT2D eigenvalue weighted by Crippen LogP contribution is -2.57. The molecule has 0 saturated carbocycles. The van der Waals surface area contributed by atoms with E-state index < -0.39 is 0 Å². The van der Waals surface area contributed by atoms with Gasteiger partial charge in [-0.15, -0.1) is 0 Å². The second-order valence-electron chi connectivity index (χ2n) is 6.27. The summed E-state index contributed by atoms with van der Waals surface area (Å²) in [4.78, 5) is 6.66. The fourth-order valence-electron chi connectivity index (χ4n) is 2.81. The number of morpholine rings is 1. The number of pyridine rings is 1. The maximum atomic E-state index is 9.51. The normalized spacial score (nSPS) is 21.5. The number of anilines is 1. The molecule has 19 heavy (non-hydrogen) atoms. The summed E-state index contributed by atoms with van der Waals surface area (Å²) in [6, 6.07) is 1.91. The van der Waals surface area contributed by atoms with Crippen LogP contribution in [0.4, 0.5) is 5.82 Å². The van der Waals surface area contributed by atoms with Crippen molar-refractivity contribution in [2.24, 2.45) is 0 Å². The first-order chi connectivity index (χ1) is 8.72. The summed E-state index contributed by atoms with van der Waals surface area (Å²) in [5, 5.41) is 9.51. The fourth-order valence-corrected chi connectivity index (χ4v) is 3.19. The Balaban J connectivity index is 2.35. The monoisotopic (exact) mass is 328 g/mol.